The van der Waals surface area contributed by atoms with Crippen LogP contribution in [0.1, 0.15) is 15.2 Å². The summed E-state index contributed by atoms with van der Waals surface area (Å²) < 4.78 is 13.5. The second-order valence-corrected chi connectivity index (χ2v) is 5.83. The lowest BCUT2D eigenvalue weighted by atomic mass is 10.1. The molecule has 1 aromatic carbocycles. The second kappa shape index (κ2) is 5.03. The Labute approximate surface area is 129 Å². The summed E-state index contributed by atoms with van der Waals surface area (Å²) in [6.45, 7) is 1.22. The maximum atomic E-state index is 13.5. The maximum Gasteiger partial charge on any atom is 0.268 e. The summed E-state index contributed by atoms with van der Waals surface area (Å²) in [5.41, 5.74) is 1.27. The minimum absolute atomic E-state index is 0.203. The lowest BCUT2D eigenvalue weighted by molar-refractivity contribution is 0.0978. The van der Waals surface area contributed by atoms with Crippen molar-refractivity contribution in [1.29, 1.82) is 0 Å². The number of aliphatic imine (C=N–C) groups is 2. The van der Waals surface area contributed by atoms with Gasteiger partial charge in [0.2, 0.25) is 5.96 Å². The number of thiophene rings is 1. The average molecular weight is 314 g/mol. The largest absolute Gasteiger partial charge is 0.294 e. The molecular formula is C15H11FN4OS. The number of carbonyl (C=O) groups excluding carboxylic acids is 1. The first-order chi connectivity index (χ1) is 10.7. The van der Waals surface area contributed by atoms with Gasteiger partial charge in [0.1, 0.15) is 11.7 Å². The summed E-state index contributed by atoms with van der Waals surface area (Å²) in [4.78, 5) is 23.5. The predicted octanol–water partition coefficient (Wildman–Crippen LogP) is 2.38. The highest BCUT2D eigenvalue weighted by atomic mass is 32.1. The van der Waals surface area contributed by atoms with Crippen molar-refractivity contribution < 1.29 is 9.18 Å². The van der Waals surface area contributed by atoms with Crippen molar-refractivity contribution in [3.05, 3.63) is 52.0 Å². The van der Waals surface area contributed by atoms with Gasteiger partial charge in [-0.1, -0.05) is 6.07 Å². The first-order valence-electron chi connectivity index (χ1n) is 6.78. The fourth-order valence-electron chi connectivity index (χ4n) is 2.51. The highest BCUT2D eigenvalue weighted by Crippen LogP contribution is 2.28. The Morgan fingerprint density at radius 1 is 1.36 bits per heavy atom. The maximum absolute atomic E-state index is 13.5. The molecule has 1 aromatic heterocycles. The Balaban J connectivity index is 1.72. The smallest absolute Gasteiger partial charge is 0.268 e. The molecule has 0 saturated carbocycles. The molecule has 2 aromatic rings. The third-order valence-electron chi connectivity index (χ3n) is 3.49. The van der Waals surface area contributed by atoms with Gasteiger partial charge in [-0.25, -0.2) is 9.38 Å². The first kappa shape index (κ1) is 13.1. The fraction of sp³-hybridized carbons (Fsp3) is 0.133. The van der Waals surface area contributed by atoms with Crippen LogP contribution in [0.2, 0.25) is 0 Å². The van der Waals surface area contributed by atoms with Crippen LogP contribution in [0.25, 0.3) is 0 Å². The second-order valence-electron chi connectivity index (χ2n) is 4.89. The van der Waals surface area contributed by atoms with E-state index in [1.165, 1.54) is 23.5 Å². The van der Waals surface area contributed by atoms with Gasteiger partial charge in [0, 0.05) is 12.1 Å². The molecule has 3 heterocycles. The quantitative estimate of drug-likeness (QED) is 0.878. The van der Waals surface area contributed by atoms with Crippen molar-refractivity contribution in [3.8, 4) is 0 Å². The minimum Gasteiger partial charge on any atom is -0.294 e. The highest BCUT2D eigenvalue weighted by molar-refractivity contribution is 7.12. The van der Waals surface area contributed by atoms with Crippen LogP contribution in [0.3, 0.4) is 0 Å². The third-order valence-corrected chi connectivity index (χ3v) is 4.36. The van der Waals surface area contributed by atoms with E-state index in [1.54, 1.807) is 12.1 Å². The van der Waals surface area contributed by atoms with Crippen molar-refractivity contribution in [2.45, 2.75) is 0 Å². The van der Waals surface area contributed by atoms with Gasteiger partial charge in [0.15, 0.2) is 0 Å². The molecule has 0 bridgehead atoms. The van der Waals surface area contributed by atoms with Crippen LogP contribution >= 0.6 is 11.3 Å². The van der Waals surface area contributed by atoms with E-state index in [1.807, 2.05) is 16.3 Å². The number of amides is 1. The van der Waals surface area contributed by atoms with Gasteiger partial charge in [-0.2, -0.15) is 0 Å². The molecule has 0 saturated heterocycles. The Kier molecular flexibility index (Phi) is 3.00. The predicted molar refractivity (Wildman–Crippen MR) is 83.4 cm³/mol. The number of guanidine groups is 1. The normalized spacial score (nSPS) is 15.8. The van der Waals surface area contributed by atoms with E-state index >= 15 is 0 Å². The Morgan fingerprint density at radius 3 is 3.09 bits per heavy atom. The number of carbonyl (C=O) groups is 1. The fourth-order valence-corrected chi connectivity index (χ4v) is 3.13. The van der Waals surface area contributed by atoms with Crippen molar-refractivity contribution in [2.24, 2.45) is 9.98 Å². The SMILES string of the molecule is O=C(NC1=Nc2ccc(F)cc2C2=NCCN12)c1cccs1. The number of fused-ring (bicyclic) bond motifs is 3. The molecular weight excluding hydrogens is 303 g/mol. The summed E-state index contributed by atoms with van der Waals surface area (Å²) in [6.07, 6.45) is 0. The molecule has 110 valence electrons. The number of benzene rings is 1. The molecule has 5 nitrogen and oxygen atoms in total. The van der Waals surface area contributed by atoms with E-state index in [2.05, 4.69) is 15.3 Å². The van der Waals surface area contributed by atoms with Crippen LogP contribution in [-0.2, 0) is 0 Å². The molecule has 0 fully saturated rings. The summed E-state index contributed by atoms with van der Waals surface area (Å²) in [6, 6.07) is 7.95. The van der Waals surface area contributed by atoms with Crippen molar-refractivity contribution in [1.82, 2.24) is 10.2 Å². The Bertz CT molecular complexity index is 813. The van der Waals surface area contributed by atoms with E-state index in [-0.39, 0.29) is 11.7 Å². The van der Waals surface area contributed by atoms with Crippen LogP contribution in [-0.4, -0.2) is 35.7 Å². The zero-order chi connectivity index (χ0) is 15.1. The van der Waals surface area contributed by atoms with Gasteiger partial charge in [0.25, 0.3) is 5.91 Å². The zero-order valence-electron chi connectivity index (χ0n) is 11.4. The first-order valence-corrected chi connectivity index (χ1v) is 7.66. The number of rotatable bonds is 1. The van der Waals surface area contributed by atoms with Gasteiger partial charge >= 0.3 is 0 Å². The molecule has 2 aliphatic rings. The average Bonchev–Trinajstić information content (AvgIpc) is 3.19. The number of halogens is 1. The van der Waals surface area contributed by atoms with Crippen LogP contribution in [0.5, 0.6) is 0 Å². The van der Waals surface area contributed by atoms with E-state index in [9.17, 15) is 9.18 Å². The number of nitrogens with one attached hydrogen (secondary N) is 1. The van der Waals surface area contributed by atoms with E-state index in [4.69, 9.17) is 0 Å². The molecule has 1 amide bonds. The number of amidine groups is 1. The van der Waals surface area contributed by atoms with Gasteiger partial charge in [-0.3, -0.25) is 20.0 Å². The van der Waals surface area contributed by atoms with Crippen LogP contribution in [0.15, 0.2) is 45.7 Å². The molecule has 0 unspecified atom stereocenters. The molecule has 0 spiro atoms. The van der Waals surface area contributed by atoms with Gasteiger partial charge in [-0.05, 0) is 29.6 Å². The molecule has 7 heteroatoms. The summed E-state index contributed by atoms with van der Waals surface area (Å²) in [5.74, 6) is 0.569. The summed E-state index contributed by atoms with van der Waals surface area (Å²) in [7, 11) is 0. The van der Waals surface area contributed by atoms with Gasteiger partial charge < -0.3 is 0 Å². The molecule has 1 N–H and O–H groups in total. The van der Waals surface area contributed by atoms with E-state index < -0.39 is 0 Å². The lowest BCUT2D eigenvalue weighted by Gasteiger charge is -2.27. The lowest BCUT2D eigenvalue weighted by Crippen LogP contribution is -2.47. The molecule has 0 aliphatic carbocycles. The molecule has 22 heavy (non-hydrogen) atoms. The Hall–Kier alpha value is -2.54. The minimum atomic E-state index is -0.324. The topological polar surface area (TPSA) is 57.1 Å². The zero-order valence-corrected chi connectivity index (χ0v) is 12.2. The molecule has 4 rings (SSSR count). The van der Waals surface area contributed by atoms with Gasteiger partial charge in [-0.15, -0.1) is 11.3 Å². The number of nitrogens with zero attached hydrogens (tertiary/aromatic N) is 3. The van der Waals surface area contributed by atoms with E-state index in [0.717, 1.165) is 0 Å². The van der Waals surface area contributed by atoms with Crippen molar-refractivity contribution >= 4 is 34.7 Å². The summed E-state index contributed by atoms with van der Waals surface area (Å²) >= 11 is 1.37. The molecule has 0 atom stereocenters. The highest BCUT2D eigenvalue weighted by Gasteiger charge is 2.30. The third kappa shape index (κ3) is 2.10. The van der Waals surface area contributed by atoms with Gasteiger partial charge in [0.05, 0.1) is 17.1 Å². The van der Waals surface area contributed by atoms with Crippen molar-refractivity contribution in [3.63, 3.8) is 0 Å². The molecule has 0 radical (unpaired) electrons. The standard InChI is InChI=1S/C15H11FN4OS/c16-9-3-4-11-10(8-9)13-17-5-6-20(13)15(18-11)19-14(21)12-2-1-7-22-12/h1-4,7-8H,5-6H2,(H,18,19,21). The van der Waals surface area contributed by atoms with Crippen molar-refractivity contribution in [2.75, 3.05) is 13.1 Å². The monoisotopic (exact) mass is 314 g/mol. The van der Waals surface area contributed by atoms with Crippen LogP contribution < -0.4 is 5.32 Å². The van der Waals surface area contributed by atoms with Crippen LogP contribution in [0.4, 0.5) is 10.1 Å². The van der Waals surface area contributed by atoms with E-state index in [0.29, 0.717) is 41.0 Å². The molecule has 2 aliphatic heterocycles. The van der Waals surface area contributed by atoms with Crippen LogP contribution in [0, 0.1) is 5.82 Å². The Morgan fingerprint density at radius 2 is 2.27 bits per heavy atom. The number of hydrogen-bond acceptors (Lipinski definition) is 5. The number of hydrogen-bond donors (Lipinski definition) is 1. The summed E-state index contributed by atoms with van der Waals surface area (Å²) in [5, 5.41) is 4.67.